The number of carbonyl (C=O) groups excluding carboxylic acids is 1. The summed E-state index contributed by atoms with van der Waals surface area (Å²) < 4.78 is 86.5. The summed E-state index contributed by atoms with van der Waals surface area (Å²) in [7, 11) is 0. The van der Waals surface area contributed by atoms with Crippen LogP contribution in [-0.2, 0) is 16.6 Å². The highest BCUT2D eigenvalue weighted by molar-refractivity contribution is 5.81. The van der Waals surface area contributed by atoms with E-state index in [4.69, 9.17) is 0 Å². The van der Waals surface area contributed by atoms with Crippen molar-refractivity contribution in [1.29, 1.82) is 0 Å². The SMILES string of the molecule is O=C(CC(O)c1ccccc1)C[C@](Cc1ccccc1)(c1ccc(F)cc1)c1cc(F)cc(OC(F)(F)C(F)F)c1. The lowest BCUT2D eigenvalue weighted by molar-refractivity contribution is -0.253. The highest BCUT2D eigenvalue weighted by Gasteiger charge is 2.45. The van der Waals surface area contributed by atoms with E-state index in [9.17, 15) is 36.2 Å². The average Bonchev–Trinajstić information content (AvgIpc) is 2.93. The minimum atomic E-state index is -4.90. The van der Waals surface area contributed by atoms with Crippen molar-refractivity contribution in [3.8, 4) is 5.75 Å². The van der Waals surface area contributed by atoms with Crippen LogP contribution < -0.4 is 4.74 Å². The van der Waals surface area contributed by atoms with E-state index in [0.717, 1.165) is 24.3 Å². The van der Waals surface area contributed by atoms with Crippen LogP contribution >= 0.6 is 0 Å². The molecule has 0 heterocycles. The summed E-state index contributed by atoms with van der Waals surface area (Å²) in [5, 5.41) is 10.7. The zero-order valence-corrected chi connectivity index (χ0v) is 21.6. The van der Waals surface area contributed by atoms with Gasteiger partial charge < -0.3 is 9.84 Å². The largest absolute Gasteiger partial charge is 0.461 e. The lowest BCUT2D eigenvalue weighted by Gasteiger charge is -2.36. The summed E-state index contributed by atoms with van der Waals surface area (Å²) >= 11 is 0. The molecule has 0 saturated carbocycles. The van der Waals surface area contributed by atoms with Crippen LogP contribution in [0.25, 0.3) is 0 Å². The van der Waals surface area contributed by atoms with Gasteiger partial charge in [-0.1, -0.05) is 72.8 Å². The average molecular weight is 573 g/mol. The molecule has 0 bridgehead atoms. The Balaban J connectivity index is 1.85. The topological polar surface area (TPSA) is 46.5 Å². The van der Waals surface area contributed by atoms with E-state index in [0.29, 0.717) is 22.8 Å². The number of rotatable bonds is 12. The Kier molecular flexibility index (Phi) is 9.18. The Labute approximate surface area is 233 Å². The van der Waals surface area contributed by atoms with Gasteiger partial charge in [-0.25, -0.2) is 8.78 Å². The van der Waals surface area contributed by atoms with Crippen LogP contribution in [0.5, 0.6) is 5.75 Å². The first-order chi connectivity index (χ1) is 19.5. The second kappa shape index (κ2) is 12.6. The molecule has 0 aliphatic rings. The number of hydrogen-bond acceptors (Lipinski definition) is 3. The number of Topliss-reactive ketones (excluding diaryl/α,β-unsaturated/α-hetero) is 1. The molecule has 0 aromatic heterocycles. The second-order valence-electron chi connectivity index (χ2n) is 9.74. The highest BCUT2D eigenvalue weighted by Crippen LogP contribution is 2.42. The highest BCUT2D eigenvalue weighted by atomic mass is 19.3. The fourth-order valence-corrected chi connectivity index (χ4v) is 4.87. The normalized spacial score (nSPS) is 14.0. The number of aliphatic hydroxyl groups excluding tert-OH is 1. The van der Waals surface area contributed by atoms with E-state index >= 15 is 0 Å². The molecule has 4 aromatic rings. The minimum Gasteiger partial charge on any atom is -0.428 e. The van der Waals surface area contributed by atoms with E-state index in [-0.39, 0.29) is 24.8 Å². The van der Waals surface area contributed by atoms with Crippen LogP contribution in [-0.4, -0.2) is 23.4 Å². The van der Waals surface area contributed by atoms with Gasteiger partial charge in [-0.3, -0.25) is 4.79 Å². The zero-order chi connectivity index (χ0) is 29.6. The molecule has 4 rings (SSSR count). The monoisotopic (exact) mass is 572 g/mol. The fraction of sp³-hybridized carbons (Fsp3) is 0.219. The minimum absolute atomic E-state index is 0.0147. The standard InChI is InChI=1S/C32H26F6O3/c33-25-13-11-23(12-14-25)31(19-21-7-3-1-4-8-21,20-27(39)18-29(40)22-9-5-2-6-10-22)24-15-26(34)17-28(16-24)41-32(37,38)30(35)36/h1-17,29-30,40H,18-20H2/t29?,31-/m1/s1. The third-order valence-corrected chi connectivity index (χ3v) is 6.78. The lowest BCUT2D eigenvalue weighted by Crippen LogP contribution is -2.35. The third kappa shape index (κ3) is 7.35. The number of aliphatic hydroxyl groups is 1. The molecule has 1 unspecified atom stereocenters. The van der Waals surface area contributed by atoms with Gasteiger partial charge >= 0.3 is 12.5 Å². The fourth-order valence-electron chi connectivity index (χ4n) is 4.87. The molecule has 0 radical (unpaired) electrons. The van der Waals surface area contributed by atoms with E-state index in [2.05, 4.69) is 4.74 Å². The number of benzene rings is 4. The van der Waals surface area contributed by atoms with E-state index in [1.807, 2.05) is 0 Å². The number of carbonyl (C=O) groups is 1. The first-order valence-electron chi connectivity index (χ1n) is 12.7. The molecule has 0 spiro atoms. The summed E-state index contributed by atoms with van der Waals surface area (Å²) in [5.74, 6) is -3.00. The van der Waals surface area contributed by atoms with Crippen LogP contribution in [0, 0.1) is 11.6 Å². The lowest BCUT2D eigenvalue weighted by atomic mass is 9.67. The van der Waals surface area contributed by atoms with E-state index in [1.165, 1.54) is 12.1 Å². The van der Waals surface area contributed by atoms with Gasteiger partial charge in [0.25, 0.3) is 0 Å². The number of alkyl halides is 4. The van der Waals surface area contributed by atoms with Gasteiger partial charge in [-0.2, -0.15) is 17.6 Å². The molecule has 0 aliphatic heterocycles. The van der Waals surface area contributed by atoms with Crippen molar-refractivity contribution in [2.75, 3.05) is 0 Å². The smallest absolute Gasteiger partial charge is 0.428 e. The quantitative estimate of drug-likeness (QED) is 0.176. The van der Waals surface area contributed by atoms with Crippen molar-refractivity contribution in [3.63, 3.8) is 0 Å². The molecule has 4 aromatic carbocycles. The van der Waals surface area contributed by atoms with Crippen LogP contribution in [0.2, 0.25) is 0 Å². The van der Waals surface area contributed by atoms with Gasteiger partial charge in [0.05, 0.1) is 6.10 Å². The van der Waals surface area contributed by atoms with Crippen molar-refractivity contribution >= 4 is 5.78 Å². The van der Waals surface area contributed by atoms with Gasteiger partial charge in [0, 0.05) is 24.3 Å². The van der Waals surface area contributed by atoms with E-state index in [1.54, 1.807) is 60.7 Å². The first kappa shape index (κ1) is 29.9. The zero-order valence-electron chi connectivity index (χ0n) is 21.6. The van der Waals surface area contributed by atoms with Gasteiger partial charge in [-0.15, -0.1) is 0 Å². The maximum atomic E-state index is 14.9. The molecule has 41 heavy (non-hydrogen) atoms. The molecule has 3 nitrogen and oxygen atoms in total. The molecule has 9 heteroatoms. The summed E-state index contributed by atoms with van der Waals surface area (Å²) in [6.45, 7) is 0. The second-order valence-corrected chi connectivity index (χ2v) is 9.74. The molecular weight excluding hydrogens is 546 g/mol. The van der Waals surface area contributed by atoms with Crippen molar-refractivity contribution < 1.29 is 41.0 Å². The predicted octanol–water partition coefficient (Wildman–Crippen LogP) is 7.81. The molecule has 1 N–H and O–H groups in total. The molecule has 0 amide bonds. The Bertz CT molecular complexity index is 1450. The molecular formula is C32H26F6O3. The first-order valence-corrected chi connectivity index (χ1v) is 12.7. The maximum Gasteiger partial charge on any atom is 0.461 e. The van der Waals surface area contributed by atoms with Gasteiger partial charge in [0.2, 0.25) is 0 Å². The van der Waals surface area contributed by atoms with Gasteiger partial charge in [-0.05, 0) is 52.9 Å². The van der Waals surface area contributed by atoms with Gasteiger partial charge in [0.1, 0.15) is 23.2 Å². The Morgan fingerprint density at radius 3 is 2.00 bits per heavy atom. The summed E-state index contributed by atoms with van der Waals surface area (Å²) in [6.07, 6.45) is -10.9. The number of halogens is 6. The predicted molar refractivity (Wildman–Crippen MR) is 141 cm³/mol. The van der Waals surface area contributed by atoms with Gasteiger partial charge in [0.15, 0.2) is 0 Å². The van der Waals surface area contributed by atoms with Crippen molar-refractivity contribution in [1.82, 2.24) is 0 Å². The van der Waals surface area contributed by atoms with Crippen LogP contribution in [0.4, 0.5) is 26.3 Å². The van der Waals surface area contributed by atoms with Crippen LogP contribution in [0.1, 0.15) is 41.2 Å². The van der Waals surface area contributed by atoms with Crippen molar-refractivity contribution in [3.05, 3.63) is 137 Å². The number of ketones is 1. The summed E-state index contributed by atoms with van der Waals surface area (Å²) in [4.78, 5) is 13.6. The number of ether oxygens (including phenoxy) is 1. The maximum absolute atomic E-state index is 14.9. The number of hydrogen-bond donors (Lipinski definition) is 1. The van der Waals surface area contributed by atoms with Crippen LogP contribution in [0.15, 0.2) is 103 Å². The Morgan fingerprint density at radius 2 is 1.39 bits per heavy atom. The molecule has 0 fully saturated rings. The van der Waals surface area contributed by atoms with Crippen LogP contribution in [0.3, 0.4) is 0 Å². The third-order valence-electron chi connectivity index (χ3n) is 6.78. The molecule has 2 atom stereocenters. The molecule has 0 aliphatic carbocycles. The molecule has 214 valence electrons. The summed E-state index contributed by atoms with van der Waals surface area (Å²) in [5.41, 5.74) is -0.0361. The summed E-state index contributed by atoms with van der Waals surface area (Å²) in [6, 6.07) is 24.7. The molecule has 0 saturated heterocycles. The van der Waals surface area contributed by atoms with Crippen molar-refractivity contribution in [2.24, 2.45) is 0 Å². The Morgan fingerprint density at radius 1 is 0.780 bits per heavy atom. The van der Waals surface area contributed by atoms with Crippen molar-refractivity contribution in [2.45, 2.75) is 43.3 Å². The Hall–Kier alpha value is -4.11. The van der Waals surface area contributed by atoms with E-state index < -0.39 is 47.2 Å².